The van der Waals surface area contributed by atoms with Crippen molar-refractivity contribution in [2.75, 3.05) is 25.9 Å². The van der Waals surface area contributed by atoms with Crippen LogP contribution in [0.2, 0.25) is 0 Å². The third kappa shape index (κ3) is 2.76. The van der Waals surface area contributed by atoms with Crippen molar-refractivity contribution in [3.05, 3.63) is 18.1 Å². The van der Waals surface area contributed by atoms with E-state index in [0.29, 0.717) is 24.8 Å². The minimum atomic E-state index is -0.131. The first kappa shape index (κ1) is 12.8. The van der Waals surface area contributed by atoms with Gasteiger partial charge in [-0.15, -0.1) is 0 Å². The Morgan fingerprint density at radius 2 is 2.28 bits per heavy atom. The van der Waals surface area contributed by atoms with Gasteiger partial charge in [0.2, 0.25) is 0 Å². The van der Waals surface area contributed by atoms with E-state index in [9.17, 15) is 4.79 Å². The lowest BCUT2D eigenvalue weighted by Crippen LogP contribution is -2.24. The number of esters is 1. The van der Waals surface area contributed by atoms with Crippen molar-refractivity contribution in [1.29, 1.82) is 0 Å². The smallest absolute Gasteiger partial charge is 0.310 e. The molecule has 18 heavy (non-hydrogen) atoms. The fourth-order valence-corrected chi connectivity index (χ4v) is 2.33. The van der Waals surface area contributed by atoms with Crippen LogP contribution in [-0.2, 0) is 16.1 Å². The Morgan fingerprint density at radius 1 is 1.50 bits per heavy atom. The number of rotatable bonds is 3. The van der Waals surface area contributed by atoms with Gasteiger partial charge in [0.05, 0.1) is 31.1 Å². The molecule has 1 aliphatic rings. The highest BCUT2D eigenvalue weighted by Gasteiger charge is 2.35. The van der Waals surface area contributed by atoms with Crippen LogP contribution in [0.25, 0.3) is 0 Å². The number of nitrogens with two attached hydrogens (primary N) is 1. The minimum absolute atomic E-state index is 0.0447. The zero-order valence-electron chi connectivity index (χ0n) is 10.7. The van der Waals surface area contributed by atoms with E-state index in [-0.39, 0.29) is 11.9 Å². The molecule has 2 N–H and O–H groups in total. The van der Waals surface area contributed by atoms with Crippen LogP contribution in [-0.4, -0.2) is 41.0 Å². The second-order valence-electron chi connectivity index (χ2n) is 4.73. The van der Waals surface area contributed by atoms with Crippen molar-refractivity contribution in [3.8, 4) is 0 Å². The highest BCUT2D eigenvalue weighted by Crippen LogP contribution is 2.25. The largest absolute Gasteiger partial charge is 0.469 e. The van der Waals surface area contributed by atoms with Crippen LogP contribution in [0.1, 0.15) is 12.6 Å². The number of aromatic nitrogens is 2. The van der Waals surface area contributed by atoms with E-state index in [1.807, 2.05) is 0 Å². The van der Waals surface area contributed by atoms with Gasteiger partial charge in [0.25, 0.3) is 0 Å². The van der Waals surface area contributed by atoms with Gasteiger partial charge in [-0.3, -0.25) is 14.7 Å². The summed E-state index contributed by atoms with van der Waals surface area (Å²) < 4.78 is 4.81. The fourth-order valence-electron chi connectivity index (χ4n) is 2.33. The highest BCUT2D eigenvalue weighted by molar-refractivity contribution is 5.73. The standard InChI is InChI=1S/C12H18N4O2/c1-8-5-16(7-10(8)12(17)18-2)6-9-3-15-11(13)4-14-9/h3-4,8,10H,5-7H2,1-2H3,(H2,13,15). The van der Waals surface area contributed by atoms with Gasteiger partial charge in [0, 0.05) is 19.6 Å². The third-order valence-electron chi connectivity index (χ3n) is 3.30. The maximum absolute atomic E-state index is 11.6. The number of ether oxygens (including phenoxy) is 1. The number of nitrogens with zero attached hydrogens (tertiary/aromatic N) is 3. The summed E-state index contributed by atoms with van der Waals surface area (Å²) >= 11 is 0. The van der Waals surface area contributed by atoms with Gasteiger partial charge >= 0.3 is 5.97 Å². The van der Waals surface area contributed by atoms with Gasteiger partial charge in [0.15, 0.2) is 0 Å². The molecule has 1 aromatic rings. The van der Waals surface area contributed by atoms with Gasteiger partial charge < -0.3 is 10.5 Å². The lowest BCUT2D eigenvalue weighted by molar-refractivity contribution is -0.146. The van der Waals surface area contributed by atoms with Gasteiger partial charge in [0.1, 0.15) is 5.82 Å². The van der Waals surface area contributed by atoms with Crippen LogP contribution in [0.3, 0.4) is 0 Å². The molecule has 6 nitrogen and oxygen atoms in total. The molecule has 2 unspecified atom stereocenters. The summed E-state index contributed by atoms with van der Waals surface area (Å²) in [6.45, 7) is 4.33. The molecule has 0 radical (unpaired) electrons. The predicted molar refractivity (Wildman–Crippen MR) is 66.4 cm³/mol. The molecular formula is C12H18N4O2. The maximum Gasteiger partial charge on any atom is 0.310 e. The molecule has 0 aromatic carbocycles. The molecule has 98 valence electrons. The molecule has 0 bridgehead atoms. The van der Waals surface area contributed by atoms with Crippen LogP contribution in [0, 0.1) is 11.8 Å². The van der Waals surface area contributed by atoms with Crippen molar-refractivity contribution >= 4 is 11.8 Å². The summed E-state index contributed by atoms with van der Waals surface area (Å²) in [5.41, 5.74) is 6.35. The van der Waals surface area contributed by atoms with E-state index >= 15 is 0 Å². The zero-order valence-corrected chi connectivity index (χ0v) is 10.7. The van der Waals surface area contributed by atoms with Crippen LogP contribution < -0.4 is 5.73 Å². The van der Waals surface area contributed by atoms with E-state index in [0.717, 1.165) is 12.2 Å². The number of carbonyl (C=O) groups excluding carboxylic acids is 1. The second-order valence-corrected chi connectivity index (χ2v) is 4.73. The van der Waals surface area contributed by atoms with Crippen molar-refractivity contribution in [2.45, 2.75) is 13.5 Å². The topological polar surface area (TPSA) is 81.3 Å². The molecule has 1 fully saturated rings. The molecule has 6 heteroatoms. The molecule has 0 aliphatic carbocycles. The Labute approximate surface area is 106 Å². The lowest BCUT2D eigenvalue weighted by atomic mass is 9.99. The molecule has 1 saturated heterocycles. The van der Waals surface area contributed by atoms with Gasteiger partial charge in [-0.05, 0) is 5.92 Å². The molecule has 0 spiro atoms. The second kappa shape index (κ2) is 5.30. The number of carbonyl (C=O) groups is 1. The summed E-state index contributed by atoms with van der Waals surface area (Å²) in [5, 5.41) is 0. The summed E-state index contributed by atoms with van der Waals surface area (Å²) in [7, 11) is 1.43. The molecule has 1 aromatic heterocycles. The van der Waals surface area contributed by atoms with Gasteiger partial charge in [-0.1, -0.05) is 6.92 Å². The van der Waals surface area contributed by atoms with Crippen molar-refractivity contribution < 1.29 is 9.53 Å². The van der Waals surface area contributed by atoms with Crippen LogP contribution in [0.5, 0.6) is 0 Å². The summed E-state index contributed by atoms with van der Waals surface area (Å²) in [5.74, 6) is 0.547. The first-order chi connectivity index (χ1) is 8.60. The molecule has 2 heterocycles. The van der Waals surface area contributed by atoms with Crippen molar-refractivity contribution in [1.82, 2.24) is 14.9 Å². The molecule has 2 atom stereocenters. The average Bonchev–Trinajstić information content (AvgIpc) is 2.72. The van der Waals surface area contributed by atoms with E-state index in [1.165, 1.54) is 7.11 Å². The van der Waals surface area contributed by atoms with E-state index in [2.05, 4.69) is 21.8 Å². The average molecular weight is 250 g/mol. The van der Waals surface area contributed by atoms with E-state index < -0.39 is 0 Å². The molecule has 1 aliphatic heterocycles. The summed E-state index contributed by atoms with van der Waals surface area (Å²) in [6, 6.07) is 0. The summed E-state index contributed by atoms with van der Waals surface area (Å²) in [4.78, 5) is 22.0. The number of nitrogen functional groups attached to an aromatic ring is 1. The number of anilines is 1. The van der Waals surface area contributed by atoms with Crippen molar-refractivity contribution in [2.24, 2.45) is 11.8 Å². The lowest BCUT2D eigenvalue weighted by Gasteiger charge is -2.14. The Bertz CT molecular complexity index is 421. The van der Waals surface area contributed by atoms with Crippen molar-refractivity contribution in [3.63, 3.8) is 0 Å². The number of hydrogen-bond donors (Lipinski definition) is 1. The first-order valence-corrected chi connectivity index (χ1v) is 5.96. The van der Waals surface area contributed by atoms with Crippen LogP contribution in [0.15, 0.2) is 12.4 Å². The SMILES string of the molecule is COC(=O)C1CN(Cc2cnc(N)cn2)CC1C. The third-order valence-corrected chi connectivity index (χ3v) is 3.30. The van der Waals surface area contributed by atoms with Crippen LogP contribution in [0.4, 0.5) is 5.82 Å². The molecular weight excluding hydrogens is 232 g/mol. The maximum atomic E-state index is 11.6. The Morgan fingerprint density at radius 3 is 2.89 bits per heavy atom. The molecule has 0 amide bonds. The fraction of sp³-hybridized carbons (Fsp3) is 0.583. The summed E-state index contributed by atoms with van der Waals surface area (Å²) in [6.07, 6.45) is 3.22. The Kier molecular flexibility index (Phi) is 3.76. The van der Waals surface area contributed by atoms with Gasteiger partial charge in [-0.2, -0.15) is 0 Å². The Balaban J connectivity index is 1.96. The predicted octanol–water partition coefficient (Wildman–Crippen LogP) is 0.300. The highest BCUT2D eigenvalue weighted by atomic mass is 16.5. The van der Waals surface area contributed by atoms with Gasteiger partial charge in [-0.25, -0.2) is 4.98 Å². The normalized spacial score (nSPS) is 24.1. The quantitative estimate of drug-likeness (QED) is 0.777. The number of likely N-dealkylation sites (tertiary alicyclic amines) is 1. The van der Waals surface area contributed by atoms with E-state index in [1.54, 1.807) is 12.4 Å². The minimum Gasteiger partial charge on any atom is -0.469 e. The number of methoxy groups -OCH3 is 1. The molecule has 2 rings (SSSR count). The van der Waals surface area contributed by atoms with Crippen LogP contribution >= 0.6 is 0 Å². The first-order valence-electron chi connectivity index (χ1n) is 5.96. The zero-order chi connectivity index (χ0) is 13.1. The Hall–Kier alpha value is -1.69. The monoisotopic (exact) mass is 250 g/mol. The molecule has 0 saturated carbocycles. The van der Waals surface area contributed by atoms with E-state index in [4.69, 9.17) is 10.5 Å². The number of hydrogen-bond acceptors (Lipinski definition) is 6.